The van der Waals surface area contributed by atoms with Crippen LogP contribution in [0.15, 0.2) is 0 Å². The van der Waals surface area contributed by atoms with Crippen LogP contribution in [0.4, 0.5) is 0 Å². The summed E-state index contributed by atoms with van der Waals surface area (Å²) in [4.78, 5) is 15.5. The standard InChI is InChI=1S/C10H21N3O/c1-4-10(14)13-6-5-8(12(2)3)7-9(13)11/h8-9H,4-7,11H2,1-3H3. The summed E-state index contributed by atoms with van der Waals surface area (Å²) >= 11 is 0. The Balaban J connectivity index is 2.51. The maximum absolute atomic E-state index is 11.5. The molecule has 4 nitrogen and oxygen atoms in total. The molecule has 1 aliphatic heterocycles. The first-order valence-electron chi connectivity index (χ1n) is 5.27. The SMILES string of the molecule is CCC(=O)N1CCC(N(C)C)CC1N. The summed E-state index contributed by atoms with van der Waals surface area (Å²) in [6.45, 7) is 2.68. The van der Waals surface area contributed by atoms with E-state index >= 15 is 0 Å². The minimum atomic E-state index is -0.0939. The van der Waals surface area contributed by atoms with Gasteiger partial charge in [-0.25, -0.2) is 0 Å². The second kappa shape index (κ2) is 4.75. The Hall–Kier alpha value is -0.610. The van der Waals surface area contributed by atoms with Crippen LogP contribution >= 0.6 is 0 Å². The molecule has 0 radical (unpaired) electrons. The van der Waals surface area contributed by atoms with Crippen molar-refractivity contribution in [3.05, 3.63) is 0 Å². The van der Waals surface area contributed by atoms with Crippen molar-refractivity contribution in [1.82, 2.24) is 9.80 Å². The van der Waals surface area contributed by atoms with Crippen molar-refractivity contribution in [3.63, 3.8) is 0 Å². The normalized spacial score (nSPS) is 28.2. The van der Waals surface area contributed by atoms with Gasteiger partial charge in [-0.15, -0.1) is 0 Å². The molecule has 1 amide bonds. The molecular weight excluding hydrogens is 178 g/mol. The highest BCUT2D eigenvalue weighted by Crippen LogP contribution is 2.18. The van der Waals surface area contributed by atoms with Gasteiger partial charge in [0, 0.05) is 19.0 Å². The summed E-state index contributed by atoms with van der Waals surface area (Å²) < 4.78 is 0. The zero-order valence-corrected chi connectivity index (χ0v) is 9.36. The van der Waals surface area contributed by atoms with Gasteiger partial charge in [0.1, 0.15) is 0 Å². The minimum absolute atomic E-state index is 0.0939. The molecule has 0 aliphatic carbocycles. The van der Waals surface area contributed by atoms with Gasteiger partial charge in [0.2, 0.25) is 5.91 Å². The molecule has 0 aromatic carbocycles. The van der Waals surface area contributed by atoms with Crippen LogP contribution in [0.3, 0.4) is 0 Å². The van der Waals surface area contributed by atoms with E-state index in [1.807, 2.05) is 6.92 Å². The lowest BCUT2D eigenvalue weighted by Gasteiger charge is -2.39. The fraction of sp³-hybridized carbons (Fsp3) is 0.900. The molecule has 0 aromatic heterocycles. The minimum Gasteiger partial charge on any atom is -0.327 e. The number of hydrogen-bond donors (Lipinski definition) is 1. The van der Waals surface area contributed by atoms with Gasteiger partial charge in [0.05, 0.1) is 6.17 Å². The average Bonchev–Trinajstić information content (AvgIpc) is 2.16. The van der Waals surface area contributed by atoms with Gasteiger partial charge in [-0.3, -0.25) is 4.79 Å². The molecular formula is C10H21N3O. The summed E-state index contributed by atoms with van der Waals surface area (Å²) in [5.41, 5.74) is 5.96. The third-order valence-electron chi connectivity index (χ3n) is 2.97. The molecule has 1 fully saturated rings. The third kappa shape index (κ3) is 2.45. The number of likely N-dealkylation sites (tertiary alicyclic amines) is 1. The number of carbonyl (C=O) groups excluding carboxylic acids is 1. The molecule has 0 bridgehead atoms. The number of amides is 1. The van der Waals surface area contributed by atoms with E-state index in [1.54, 1.807) is 4.90 Å². The topological polar surface area (TPSA) is 49.6 Å². The molecule has 1 saturated heterocycles. The smallest absolute Gasteiger partial charge is 0.223 e. The Labute approximate surface area is 86.0 Å². The number of piperidine rings is 1. The van der Waals surface area contributed by atoms with Gasteiger partial charge in [-0.1, -0.05) is 6.92 Å². The lowest BCUT2D eigenvalue weighted by molar-refractivity contribution is -0.135. The Kier molecular flexibility index (Phi) is 3.89. The highest BCUT2D eigenvalue weighted by atomic mass is 16.2. The second-order valence-electron chi connectivity index (χ2n) is 4.15. The van der Waals surface area contributed by atoms with Gasteiger partial charge >= 0.3 is 0 Å². The molecule has 1 rings (SSSR count). The molecule has 2 unspecified atom stereocenters. The molecule has 0 spiro atoms. The molecule has 1 heterocycles. The summed E-state index contributed by atoms with van der Waals surface area (Å²) in [6, 6.07) is 0.519. The van der Waals surface area contributed by atoms with Crippen LogP contribution in [0.2, 0.25) is 0 Å². The molecule has 2 atom stereocenters. The van der Waals surface area contributed by atoms with Crippen molar-refractivity contribution in [2.75, 3.05) is 20.6 Å². The summed E-state index contributed by atoms with van der Waals surface area (Å²) in [6.07, 6.45) is 2.38. The van der Waals surface area contributed by atoms with Crippen LogP contribution < -0.4 is 5.73 Å². The largest absolute Gasteiger partial charge is 0.327 e. The lowest BCUT2D eigenvalue weighted by Crippen LogP contribution is -2.54. The van der Waals surface area contributed by atoms with E-state index in [-0.39, 0.29) is 12.1 Å². The summed E-state index contributed by atoms with van der Waals surface area (Å²) in [5, 5.41) is 0. The van der Waals surface area contributed by atoms with E-state index in [1.165, 1.54) is 0 Å². The van der Waals surface area contributed by atoms with Gasteiger partial charge in [0.15, 0.2) is 0 Å². The molecule has 1 aliphatic rings. The molecule has 0 saturated carbocycles. The molecule has 0 aromatic rings. The second-order valence-corrected chi connectivity index (χ2v) is 4.15. The van der Waals surface area contributed by atoms with E-state index in [9.17, 15) is 4.79 Å². The highest BCUT2D eigenvalue weighted by Gasteiger charge is 2.28. The first-order chi connectivity index (χ1) is 6.56. The van der Waals surface area contributed by atoms with Crippen molar-refractivity contribution in [1.29, 1.82) is 0 Å². The number of carbonyl (C=O) groups is 1. The van der Waals surface area contributed by atoms with Crippen LogP contribution in [0.25, 0.3) is 0 Å². The monoisotopic (exact) mass is 199 g/mol. The van der Waals surface area contributed by atoms with Crippen molar-refractivity contribution in [2.24, 2.45) is 5.73 Å². The quantitative estimate of drug-likeness (QED) is 0.693. The van der Waals surface area contributed by atoms with Gasteiger partial charge in [0.25, 0.3) is 0 Å². The van der Waals surface area contributed by atoms with E-state index in [0.29, 0.717) is 12.5 Å². The highest BCUT2D eigenvalue weighted by molar-refractivity contribution is 5.76. The van der Waals surface area contributed by atoms with Crippen LogP contribution in [-0.4, -0.2) is 48.6 Å². The van der Waals surface area contributed by atoms with Crippen LogP contribution in [0, 0.1) is 0 Å². The summed E-state index contributed by atoms with van der Waals surface area (Å²) in [7, 11) is 4.13. The first kappa shape index (κ1) is 11.5. The van der Waals surface area contributed by atoms with Crippen molar-refractivity contribution >= 4 is 5.91 Å². The maximum Gasteiger partial charge on any atom is 0.223 e. The van der Waals surface area contributed by atoms with Gasteiger partial charge in [-0.05, 0) is 26.9 Å². The van der Waals surface area contributed by atoms with Gasteiger partial charge < -0.3 is 15.5 Å². The molecule has 2 N–H and O–H groups in total. The zero-order valence-electron chi connectivity index (χ0n) is 9.36. The number of hydrogen-bond acceptors (Lipinski definition) is 3. The Bertz CT molecular complexity index is 206. The maximum atomic E-state index is 11.5. The van der Waals surface area contributed by atoms with Crippen LogP contribution in [-0.2, 0) is 4.79 Å². The van der Waals surface area contributed by atoms with Crippen molar-refractivity contribution in [3.8, 4) is 0 Å². The predicted molar refractivity (Wildman–Crippen MR) is 56.7 cm³/mol. The Morgan fingerprint density at radius 1 is 1.57 bits per heavy atom. The average molecular weight is 199 g/mol. The molecule has 4 heteroatoms. The fourth-order valence-corrected chi connectivity index (χ4v) is 1.96. The van der Waals surface area contributed by atoms with Crippen molar-refractivity contribution < 1.29 is 4.79 Å². The Morgan fingerprint density at radius 3 is 2.64 bits per heavy atom. The predicted octanol–water partition coefficient (Wildman–Crippen LogP) is 0.234. The Morgan fingerprint density at radius 2 is 2.21 bits per heavy atom. The number of nitrogens with zero attached hydrogens (tertiary/aromatic N) is 2. The lowest BCUT2D eigenvalue weighted by atomic mass is 10.0. The van der Waals surface area contributed by atoms with Gasteiger partial charge in [-0.2, -0.15) is 0 Å². The first-order valence-corrected chi connectivity index (χ1v) is 5.27. The van der Waals surface area contributed by atoms with Crippen LogP contribution in [0.5, 0.6) is 0 Å². The zero-order chi connectivity index (χ0) is 10.7. The van der Waals surface area contributed by atoms with E-state index in [2.05, 4.69) is 19.0 Å². The van der Waals surface area contributed by atoms with E-state index in [0.717, 1.165) is 19.4 Å². The van der Waals surface area contributed by atoms with Crippen LogP contribution in [0.1, 0.15) is 26.2 Å². The fourth-order valence-electron chi connectivity index (χ4n) is 1.96. The van der Waals surface area contributed by atoms with E-state index in [4.69, 9.17) is 5.73 Å². The van der Waals surface area contributed by atoms with Crippen molar-refractivity contribution in [2.45, 2.75) is 38.4 Å². The number of rotatable bonds is 2. The van der Waals surface area contributed by atoms with E-state index < -0.39 is 0 Å². The molecule has 14 heavy (non-hydrogen) atoms. The third-order valence-corrected chi connectivity index (χ3v) is 2.97. The molecule has 82 valence electrons. The summed E-state index contributed by atoms with van der Waals surface area (Å²) in [5.74, 6) is 0.176. The number of nitrogens with two attached hydrogens (primary N) is 1.